The molecule has 0 aliphatic carbocycles. The molecule has 0 atom stereocenters. The van der Waals surface area contributed by atoms with Gasteiger partial charge in [0.15, 0.2) is 5.13 Å². The van der Waals surface area contributed by atoms with E-state index in [0.717, 1.165) is 5.82 Å². The van der Waals surface area contributed by atoms with Crippen molar-refractivity contribution in [2.75, 3.05) is 12.3 Å². The molecule has 4 nitrogen and oxygen atoms in total. The van der Waals surface area contributed by atoms with Crippen molar-refractivity contribution >= 4 is 16.7 Å². The molecule has 0 radical (unpaired) electrons. The topological polar surface area (TPSA) is 77.8 Å². The van der Waals surface area contributed by atoms with Crippen LogP contribution in [-0.2, 0) is 6.42 Å². The van der Waals surface area contributed by atoms with Gasteiger partial charge in [0.05, 0.1) is 0 Å². The molecule has 0 aliphatic rings. The average molecular weight is 144 g/mol. The Kier molecular flexibility index (Phi) is 1.96. The minimum Gasteiger partial charge on any atom is -0.374 e. The molecule has 1 heterocycles. The smallest absolute Gasteiger partial charge is 0.199 e. The summed E-state index contributed by atoms with van der Waals surface area (Å²) in [5, 5.41) is 0.512. The molecule has 1 aromatic rings. The number of aromatic nitrogens is 2. The van der Waals surface area contributed by atoms with Gasteiger partial charge in [0.25, 0.3) is 0 Å². The molecule has 0 fully saturated rings. The highest BCUT2D eigenvalue weighted by Crippen LogP contribution is 2.04. The van der Waals surface area contributed by atoms with Crippen molar-refractivity contribution < 1.29 is 0 Å². The molecule has 4 N–H and O–H groups in total. The Hall–Kier alpha value is -0.680. The first kappa shape index (κ1) is 6.44. The van der Waals surface area contributed by atoms with Crippen LogP contribution in [0.2, 0.25) is 0 Å². The van der Waals surface area contributed by atoms with Gasteiger partial charge in [0, 0.05) is 18.0 Å². The van der Waals surface area contributed by atoms with Gasteiger partial charge in [0.1, 0.15) is 5.82 Å². The quantitative estimate of drug-likeness (QED) is 0.593. The molecule has 9 heavy (non-hydrogen) atoms. The molecule has 0 spiro atoms. The highest BCUT2D eigenvalue weighted by atomic mass is 32.1. The molecular formula is C4H8N4S. The minimum atomic E-state index is 0.512. The lowest BCUT2D eigenvalue weighted by Crippen LogP contribution is -2.03. The Morgan fingerprint density at radius 2 is 2.33 bits per heavy atom. The zero-order chi connectivity index (χ0) is 6.69. The molecule has 0 aromatic carbocycles. The van der Waals surface area contributed by atoms with E-state index in [4.69, 9.17) is 11.5 Å². The highest BCUT2D eigenvalue weighted by Gasteiger charge is 1.96. The lowest BCUT2D eigenvalue weighted by Gasteiger charge is -1.84. The van der Waals surface area contributed by atoms with Gasteiger partial charge in [-0.15, -0.1) is 0 Å². The third-order valence-electron chi connectivity index (χ3n) is 0.852. The number of nitrogens with zero attached hydrogens (tertiary/aromatic N) is 2. The Morgan fingerprint density at radius 3 is 2.78 bits per heavy atom. The van der Waals surface area contributed by atoms with Gasteiger partial charge in [0.2, 0.25) is 0 Å². The molecule has 1 rings (SSSR count). The summed E-state index contributed by atoms with van der Waals surface area (Å²) in [5.41, 5.74) is 10.6. The largest absolute Gasteiger partial charge is 0.374 e. The van der Waals surface area contributed by atoms with Crippen molar-refractivity contribution in [1.82, 2.24) is 9.36 Å². The summed E-state index contributed by atoms with van der Waals surface area (Å²) < 4.78 is 3.93. The van der Waals surface area contributed by atoms with Gasteiger partial charge in [-0.2, -0.15) is 4.37 Å². The second kappa shape index (κ2) is 2.75. The molecule has 5 heteroatoms. The number of rotatable bonds is 2. The molecule has 0 aliphatic heterocycles. The molecule has 50 valence electrons. The van der Waals surface area contributed by atoms with E-state index in [2.05, 4.69) is 9.36 Å². The second-order valence-electron chi connectivity index (χ2n) is 1.59. The van der Waals surface area contributed by atoms with Crippen LogP contribution in [0.25, 0.3) is 0 Å². The summed E-state index contributed by atoms with van der Waals surface area (Å²) in [7, 11) is 0. The summed E-state index contributed by atoms with van der Waals surface area (Å²) in [6, 6.07) is 0. The Bertz CT molecular complexity index is 184. The minimum absolute atomic E-state index is 0.512. The summed E-state index contributed by atoms with van der Waals surface area (Å²) in [6.07, 6.45) is 0.716. The summed E-state index contributed by atoms with van der Waals surface area (Å²) in [6.45, 7) is 0.580. The summed E-state index contributed by atoms with van der Waals surface area (Å²) in [4.78, 5) is 3.91. The first-order valence-corrected chi connectivity index (χ1v) is 3.38. The van der Waals surface area contributed by atoms with Crippen LogP contribution in [-0.4, -0.2) is 15.9 Å². The van der Waals surface area contributed by atoms with Crippen molar-refractivity contribution in [3.05, 3.63) is 5.82 Å². The van der Waals surface area contributed by atoms with E-state index in [1.165, 1.54) is 11.5 Å². The number of hydrogen-bond donors (Lipinski definition) is 2. The Labute approximate surface area is 57.1 Å². The maximum absolute atomic E-state index is 5.31. The fourth-order valence-corrected chi connectivity index (χ4v) is 0.975. The Morgan fingerprint density at radius 1 is 1.56 bits per heavy atom. The zero-order valence-corrected chi connectivity index (χ0v) is 5.69. The zero-order valence-electron chi connectivity index (χ0n) is 4.87. The lowest BCUT2D eigenvalue weighted by molar-refractivity contribution is 0.901. The Balaban J connectivity index is 2.61. The maximum Gasteiger partial charge on any atom is 0.199 e. The van der Waals surface area contributed by atoms with E-state index in [9.17, 15) is 0 Å². The van der Waals surface area contributed by atoms with Gasteiger partial charge in [-0.1, -0.05) is 0 Å². The fraction of sp³-hybridized carbons (Fsp3) is 0.500. The summed E-state index contributed by atoms with van der Waals surface area (Å²) >= 11 is 1.21. The lowest BCUT2D eigenvalue weighted by atomic mass is 10.4. The summed E-state index contributed by atoms with van der Waals surface area (Å²) in [5.74, 6) is 0.750. The van der Waals surface area contributed by atoms with E-state index in [0.29, 0.717) is 18.1 Å². The predicted octanol–water partition coefficient (Wildman–Crippen LogP) is -0.379. The van der Waals surface area contributed by atoms with Gasteiger partial charge < -0.3 is 11.5 Å². The molecule has 0 amide bonds. The number of hydrogen-bond acceptors (Lipinski definition) is 5. The molecule has 0 saturated heterocycles. The average Bonchev–Trinajstić information content (AvgIpc) is 2.17. The first-order chi connectivity index (χ1) is 4.33. The van der Waals surface area contributed by atoms with Crippen LogP contribution in [0.1, 0.15) is 5.82 Å². The second-order valence-corrected chi connectivity index (χ2v) is 2.37. The molecule has 0 unspecified atom stereocenters. The van der Waals surface area contributed by atoms with Crippen LogP contribution in [0.5, 0.6) is 0 Å². The molecule has 0 bridgehead atoms. The monoisotopic (exact) mass is 144 g/mol. The van der Waals surface area contributed by atoms with E-state index >= 15 is 0 Å². The van der Waals surface area contributed by atoms with Crippen LogP contribution < -0.4 is 11.5 Å². The molecule has 1 aromatic heterocycles. The maximum atomic E-state index is 5.31. The molecular weight excluding hydrogens is 136 g/mol. The van der Waals surface area contributed by atoms with Crippen LogP contribution in [0.4, 0.5) is 5.13 Å². The van der Waals surface area contributed by atoms with Gasteiger partial charge in [-0.3, -0.25) is 0 Å². The highest BCUT2D eigenvalue weighted by molar-refractivity contribution is 7.09. The molecule has 0 saturated carbocycles. The van der Waals surface area contributed by atoms with Gasteiger partial charge in [-0.25, -0.2) is 4.98 Å². The van der Waals surface area contributed by atoms with Crippen molar-refractivity contribution in [3.8, 4) is 0 Å². The van der Waals surface area contributed by atoms with Crippen LogP contribution >= 0.6 is 11.5 Å². The third kappa shape index (κ3) is 1.62. The van der Waals surface area contributed by atoms with Crippen LogP contribution in [0.3, 0.4) is 0 Å². The number of anilines is 1. The van der Waals surface area contributed by atoms with Crippen LogP contribution in [0.15, 0.2) is 0 Å². The van der Waals surface area contributed by atoms with E-state index < -0.39 is 0 Å². The SMILES string of the molecule is NCCc1nsc(N)n1. The van der Waals surface area contributed by atoms with Crippen molar-refractivity contribution in [2.24, 2.45) is 5.73 Å². The van der Waals surface area contributed by atoms with Gasteiger partial charge in [-0.05, 0) is 6.54 Å². The fourth-order valence-electron chi connectivity index (χ4n) is 0.498. The van der Waals surface area contributed by atoms with Crippen molar-refractivity contribution in [1.29, 1.82) is 0 Å². The van der Waals surface area contributed by atoms with Crippen molar-refractivity contribution in [3.63, 3.8) is 0 Å². The third-order valence-corrected chi connectivity index (χ3v) is 1.43. The van der Waals surface area contributed by atoms with Crippen molar-refractivity contribution in [2.45, 2.75) is 6.42 Å². The van der Waals surface area contributed by atoms with E-state index in [-0.39, 0.29) is 0 Å². The number of nitrogen functional groups attached to an aromatic ring is 1. The van der Waals surface area contributed by atoms with Crippen LogP contribution in [0, 0.1) is 0 Å². The standard InChI is InChI=1S/C4H8N4S/c5-2-1-3-7-4(6)9-8-3/h1-2,5H2,(H2,6,7,8). The van der Waals surface area contributed by atoms with E-state index in [1.807, 2.05) is 0 Å². The van der Waals surface area contributed by atoms with Gasteiger partial charge >= 0.3 is 0 Å². The number of nitrogens with two attached hydrogens (primary N) is 2. The first-order valence-electron chi connectivity index (χ1n) is 2.61. The normalized spacial score (nSPS) is 9.89. The predicted molar refractivity (Wildman–Crippen MR) is 37.1 cm³/mol. The van der Waals surface area contributed by atoms with E-state index in [1.54, 1.807) is 0 Å².